The van der Waals surface area contributed by atoms with Gasteiger partial charge in [-0.1, -0.05) is 11.8 Å². The number of hydrogen-bond donors (Lipinski definition) is 1. The molecule has 0 amide bonds. The number of rotatable bonds is 5. The lowest BCUT2D eigenvalue weighted by molar-refractivity contribution is -0.137. The van der Waals surface area contributed by atoms with Crippen molar-refractivity contribution in [3.63, 3.8) is 0 Å². The highest BCUT2D eigenvalue weighted by molar-refractivity contribution is 5.80. The van der Waals surface area contributed by atoms with E-state index in [4.69, 9.17) is 14.2 Å². The first-order valence-corrected chi connectivity index (χ1v) is 10.1. The van der Waals surface area contributed by atoms with E-state index in [0.717, 1.165) is 38.4 Å². The Hall–Kier alpha value is -3.22. The lowest BCUT2D eigenvalue weighted by atomic mass is 10.2. The number of H-pyrrole nitrogens is 1. The van der Waals surface area contributed by atoms with Crippen molar-refractivity contribution in [1.29, 1.82) is 0 Å². The van der Waals surface area contributed by atoms with E-state index in [1.807, 2.05) is 0 Å². The minimum absolute atomic E-state index is 0.213. The number of nitrogens with one attached hydrogen (secondary N) is 1. The van der Waals surface area contributed by atoms with Crippen LogP contribution in [0.1, 0.15) is 5.56 Å². The minimum atomic E-state index is -4.41. The van der Waals surface area contributed by atoms with Crippen LogP contribution in [-0.4, -0.2) is 61.4 Å². The number of aromatic amines is 1. The number of aromatic nitrogens is 2. The summed E-state index contributed by atoms with van der Waals surface area (Å²) in [5, 5.41) is 0. The first-order valence-electron chi connectivity index (χ1n) is 10.1. The zero-order chi connectivity index (χ0) is 22.6. The van der Waals surface area contributed by atoms with Gasteiger partial charge in [-0.05, 0) is 36.4 Å². The van der Waals surface area contributed by atoms with E-state index in [9.17, 15) is 13.2 Å². The summed E-state index contributed by atoms with van der Waals surface area (Å²) in [4.78, 5) is 9.55. The first-order chi connectivity index (χ1) is 15.4. The van der Waals surface area contributed by atoms with Crippen molar-refractivity contribution < 1.29 is 27.4 Å². The molecular formula is C23H22F3N3O3. The Morgan fingerprint density at radius 1 is 1.09 bits per heavy atom. The third-order valence-corrected chi connectivity index (χ3v) is 5.08. The topological polar surface area (TPSA) is 59.6 Å². The third kappa shape index (κ3) is 5.15. The fourth-order valence-corrected chi connectivity index (χ4v) is 3.35. The molecule has 2 aromatic carbocycles. The molecule has 0 spiro atoms. The molecule has 1 fully saturated rings. The average molecular weight is 445 g/mol. The summed E-state index contributed by atoms with van der Waals surface area (Å²) in [7, 11) is 1.52. The molecule has 6 nitrogen and oxygen atoms in total. The molecule has 0 atom stereocenters. The number of halogens is 3. The molecule has 0 radical (unpaired) electrons. The maximum absolute atomic E-state index is 13.0. The van der Waals surface area contributed by atoms with Gasteiger partial charge in [0.1, 0.15) is 12.4 Å². The lowest BCUT2D eigenvalue weighted by Gasteiger charge is -2.24. The van der Waals surface area contributed by atoms with E-state index < -0.39 is 11.7 Å². The van der Waals surface area contributed by atoms with Crippen LogP contribution in [0, 0.1) is 11.8 Å². The maximum atomic E-state index is 13.0. The second kappa shape index (κ2) is 9.51. The Morgan fingerprint density at radius 3 is 2.66 bits per heavy atom. The minimum Gasteiger partial charge on any atom is -0.493 e. The Bertz CT molecular complexity index is 1140. The molecule has 4 rings (SSSR count). The van der Waals surface area contributed by atoms with Crippen molar-refractivity contribution in [1.82, 2.24) is 14.9 Å². The highest BCUT2D eigenvalue weighted by Gasteiger charge is 2.30. The standard InChI is InChI=1S/C23H22F3N3O3/c1-30-21-14-16(22-27-18-6-5-17(23(24,25)26)15-19(18)28-22)4-7-20(21)32-11-3-2-8-29-9-12-31-13-10-29/h4-7,14-15H,8-13H2,1H3,(H,27,28). The zero-order valence-corrected chi connectivity index (χ0v) is 17.5. The van der Waals surface area contributed by atoms with Gasteiger partial charge in [-0.15, -0.1) is 0 Å². The quantitative estimate of drug-likeness (QED) is 0.603. The number of fused-ring (bicyclic) bond motifs is 1. The number of benzene rings is 2. The fourth-order valence-electron chi connectivity index (χ4n) is 3.35. The average Bonchev–Trinajstić information content (AvgIpc) is 3.22. The van der Waals surface area contributed by atoms with Crippen molar-refractivity contribution in [2.24, 2.45) is 0 Å². The monoisotopic (exact) mass is 445 g/mol. The van der Waals surface area contributed by atoms with Gasteiger partial charge >= 0.3 is 6.18 Å². The number of hydrogen-bond acceptors (Lipinski definition) is 5. The van der Waals surface area contributed by atoms with Crippen LogP contribution < -0.4 is 9.47 Å². The summed E-state index contributed by atoms with van der Waals surface area (Å²) < 4.78 is 55.3. The first kappa shape index (κ1) is 22.0. The van der Waals surface area contributed by atoms with Crippen molar-refractivity contribution in [2.45, 2.75) is 6.18 Å². The Morgan fingerprint density at radius 2 is 1.91 bits per heavy atom. The van der Waals surface area contributed by atoms with E-state index in [1.165, 1.54) is 13.2 Å². The van der Waals surface area contributed by atoms with Crippen LogP contribution in [0.4, 0.5) is 13.2 Å². The van der Waals surface area contributed by atoms with Crippen molar-refractivity contribution in [3.05, 3.63) is 42.0 Å². The molecule has 1 aliphatic rings. The highest BCUT2D eigenvalue weighted by atomic mass is 19.4. The zero-order valence-electron chi connectivity index (χ0n) is 17.5. The van der Waals surface area contributed by atoms with Gasteiger partial charge in [-0.2, -0.15) is 13.2 Å². The molecule has 32 heavy (non-hydrogen) atoms. The molecule has 1 N–H and O–H groups in total. The van der Waals surface area contributed by atoms with Gasteiger partial charge in [-0.3, -0.25) is 4.90 Å². The fraction of sp³-hybridized carbons (Fsp3) is 0.348. The van der Waals surface area contributed by atoms with E-state index in [2.05, 4.69) is 26.7 Å². The summed E-state index contributed by atoms with van der Waals surface area (Å²) in [6.07, 6.45) is -4.41. The molecule has 0 aliphatic carbocycles. The number of alkyl halides is 3. The van der Waals surface area contributed by atoms with Gasteiger partial charge in [-0.25, -0.2) is 4.98 Å². The lowest BCUT2D eigenvalue weighted by Crippen LogP contribution is -2.36. The number of imidazole rings is 1. The van der Waals surface area contributed by atoms with Crippen molar-refractivity contribution >= 4 is 11.0 Å². The molecule has 168 valence electrons. The van der Waals surface area contributed by atoms with Gasteiger partial charge in [0.15, 0.2) is 11.5 Å². The van der Waals surface area contributed by atoms with Gasteiger partial charge in [0.25, 0.3) is 0 Å². The highest BCUT2D eigenvalue weighted by Crippen LogP contribution is 2.34. The molecular weight excluding hydrogens is 423 g/mol. The van der Waals surface area contributed by atoms with E-state index >= 15 is 0 Å². The van der Waals surface area contributed by atoms with Gasteiger partial charge in [0, 0.05) is 18.7 Å². The number of ether oxygens (including phenoxy) is 3. The second-order valence-corrected chi connectivity index (χ2v) is 7.21. The molecule has 1 saturated heterocycles. The smallest absolute Gasteiger partial charge is 0.416 e. The number of nitrogens with zero attached hydrogens (tertiary/aromatic N) is 2. The predicted molar refractivity (Wildman–Crippen MR) is 114 cm³/mol. The maximum Gasteiger partial charge on any atom is 0.416 e. The van der Waals surface area contributed by atoms with E-state index in [1.54, 1.807) is 18.2 Å². The van der Waals surface area contributed by atoms with E-state index in [-0.39, 0.29) is 6.61 Å². The summed E-state index contributed by atoms with van der Waals surface area (Å²) in [6, 6.07) is 8.63. The van der Waals surface area contributed by atoms with E-state index in [0.29, 0.717) is 40.5 Å². The Kier molecular flexibility index (Phi) is 6.53. The summed E-state index contributed by atoms with van der Waals surface area (Å²) in [6.45, 7) is 4.11. The third-order valence-electron chi connectivity index (χ3n) is 5.08. The molecule has 0 bridgehead atoms. The summed E-state index contributed by atoms with van der Waals surface area (Å²) >= 11 is 0. The molecule has 2 heterocycles. The Balaban J connectivity index is 1.45. The van der Waals surface area contributed by atoms with Crippen molar-refractivity contribution in [3.8, 4) is 34.7 Å². The molecule has 1 aliphatic heterocycles. The predicted octanol–water partition coefficient (Wildman–Crippen LogP) is 3.97. The summed E-state index contributed by atoms with van der Waals surface area (Å²) in [5.74, 6) is 7.52. The second-order valence-electron chi connectivity index (χ2n) is 7.21. The molecule has 3 aromatic rings. The van der Waals surface area contributed by atoms with Crippen molar-refractivity contribution in [2.75, 3.05) is 46.6 Å². The van der Waals surface area contributed by atoms with Crippen LogP contribution >= 0.6 is 0 Å². The normalized spacial score (nSPS) is 14.8. The van der Waals surface area contributed by atoms with Gasteiger partial charge in [0.05, 0.1) is 43.5 Å². The van der Waals surface area contributed by atoms with Crippen LogP contribution in [-0.2, 0) is 10.9 Å². The summed E-state index contributed by atoms with van der Waals surface area (Å²) in [5.41, 5.74) is 0.695. The molecule has 9 heteroatoms. The van der Waals surface area contributed by atoms with Crippen LogP contribution in [0.3, 0.4) is 0 Å². The van der Waals surface area contributed by atoms with Gasteiger partial charge in [0.2, 0.25) is 0 Å². The largest absolute Gasteiger partial charge is 0.493 e. The number of morpholine rings is 1. The molecule has 1 aromatic heterocycles. The SMILES string of the molecule is COc1cc(-c2nc3ccc(C(F)(F)F)cc3[nH]2)ccc1OCC#CCN1CCOCC1. The van der Waals surface area contributed by atoms with Crippen LogP contribution in [0.25, 0.3) is 22.4 Å². The molecule has 0 saturated carbocycles. The molecule has 0 unspecified atom stereocenters. The van der Waals surface area contributed by atoms with Crippen LogP contribution in [0.15, 0.2) is 36.4 Å². The number of methoxy groups -OCH3 is 1. The van der Waals surface area contributed by atoms with Gasteiger partial charge < -0.3 is 19.2 Å². The Labute approximate surface area is 183 Å². The van der Waals surface area contributed by atoms with Crippen LogP contribution in [0.5, 0.6) is 11.5 Å². The van der Waals surface area contributed by atoms with Crippen LogP contribution in [0.2, 0.25) is 0 Å².